The first-order valence-electron chi connectivity index (χ1n) is 22.1. The number of para-hydroxylation sites is 1. The monoisotopic (exact) mass is 791 g/mol. The number of nitrogens with zero attached hydrogens (tertiary/aromatic N) is 1. The molecule has 13 rings (SSSR count). The lowest BCUT2D eigenvalue weighted by atomic mass is 9.69. The van der Waals surface area contributed by atoms with Gasteiger partial charge in [0.05, 0.1) is 5.41 Å². The minimum Gasteiger partial charge on any atom is -0.310 e. The molecule has 0 atom stereocenters. The van der Waals surface area contributed by atoms with Crippen molar-refractivity contribution in [3.8, 4) is 55.6 Å². The van der Waals surface area contributed by atoms with Crippen molar-refractivity contribution in [2.75, 3.05) is 4.90 Å². The predicted octanol–water partition coefficient (Wildman–Crippen LogP) is 15.8. The van der Waals surface area contributed by atoms with Crippen LogP contribution in [0, 0.1) is 0 Å². The van der Waals surface area contributed by atoms with Crippen molar-refractivity contribution in [1.29, 1.82) is 0 Å². The fourth-order valence-electron chi connectivity index (χ4n) is 12.3. The molecule has 0 amide bonds. The van der Waals surface area contributed by atoms with Crippen LogP contribution >= 0.6 is 0 Å². The van der Waals surface area contributed by atoms with Crippen molar-refractivity contribution in [2.24, 2.45) is 0 Å². The molecule has 0 N–H and O–H groups in total. The van der Waals surface area contributed by atoms with Gasteiger partial charge in [-0.25, -0.2) is 0 Å². The van der Waals surface area contributed by atoms with Gasteiger partial charge in [-0.2, -0.15) is 0 Å². The molecule has 0 radical (unpaired) electrons. The molecule has 294 valence electrons. The molecule has 0 fully saturated rings. The Morgan fingerprint density at radius 3 is 1.29 bits per heavy atom. The van der Waals surface area contributed by atoms with Gasteiger partial charge in [-0.05, 0) is 137 Å². The average molecular weight is 792 g/mol. The highest BCUT2D eigenvalue weighted by Gasteiger charge is 2.54. The van der Waals surface area contributed by atoms with E-state index >= 15 is 0 Å². The molecule has 0 aliphatic heterocycles. The van der Waals surface area contributed by atoms with Crippen LogP contribution in [0.15, 0.2) is 200 Å². The number of benzene rings is 9. The summed E-state index contributed by atoms with van der Waals surface area (Å²) in [6.45, 7) is 9.65. The second kappa shape index (κ2) is 12.4. The molecule has 0 heterocycles. The van der Waals surface area contributed by atoms with Gasteiger partial charge < -0.3 is 4.90 Å². The van der Waals surface area contributed by atoms with E-state index in [-0.39, 0.29) is 10.8 Å². The lowest BCUT2D eigenvalue weighted by molar-refractivity contribution is 0.657. The summed E-state index contributed by atoms with van der Waals surface area (Å²) in [6.07, 6.45) is 0. The Labute approximate surface area is 364 Å². The summed E-state index contributed by atoms with van der Waals surface area (Å²) >= 11 is 0. The van der Waals surface area contributed by atoms with Gasteiger partial charge in [0.2, 0.25) is 0 Å². The van der Waals surface area contributed by atoms with Crippen LogP contribution in [-0.4, -0.2) is 0 Å². The Bertz CT molecular complexity index is 3300. The first-order valence-corrected chi connectivity index (χ1v) is 22.1. The summed E-state index contributed by atoms with van der Waals surface area (Å²) in [4.78, 5) is 2.47. The van der Waals surface area contributed by atoms with E-state index in [4.69, 9.17) is 0 Å². The van der Waals surface area contributed by atoms with Crippen molar-refractivity contribution < 1.29 is 0 Å². The first-order chi connectivity index (χ1) is 30.3. The summed E-state index contributed by atoms with van der Waals surface area (Å²) in [5, 5.41) is 0. The molecule has 0 unspecified atom stereocenters. The summed E-state index contributed by atoms with van der Waals surface area (Å²) in [5.74, 6) is 0. The third-order valence-electron chi connectivity index (χ3n) is 15.1. The van der Waals surface area contributed by atoms with Crippen LogP contribution in [-0.2, 0) is 16.2 Å². The van der Waals surface area contributed by atoms with Crippen molar-refractivity contribution in [3.63, 3.8) is 0 Å². The zero-order valence-electron chi connectivity index (χ0n) is 35.5. The van der Waals surface area contributed by atoms with Crippen LogP contribution in [0.5, 0.6) is 0 Å². The fourth-order valence-corrected chi connectivity index (χ4v) is 12.3. The van der Waals surface area contributed by atoms with Gasteiger partial charge in [0.15, 0.2) is 0 Å². The van der Waals surface area contributed by atoms with Gasteiger partial charge in [-0.15, -0.1) is 0 Å². The van der Waals surface area contributed by atoms with E-state index in [9.17, 15) is 0 Å². The van der Waals surface area contributed by atoms with Gasteiger partial charge in [0, 0.05) is 27.9 Å². The van der Waals surface area contributed by atoms with E-state index < -0.39 is 5.41 Å². The topological polar surface area (TPSA) is 3.24 Å². The van der Waals surface area contributed by atoms with E-state index in [2.05, 4.69) is 233 Å². The Hall–Kier alpha value is -7.22. The third kappa shape index (κ3) is 4.43. The summed E-state index contributed by atoms with van der Waals surface area (Å²) < 4.78 is 0. The number of fused-ring (bicyclic) bond motifs is 16. The van der Waals surface area contributed by atoms with E-state index in [1.165, 1.54) is 112 Å². The second-order valence-electron chi connectivity index (χ2n) is 18.8. The normalized spacial score (nSPS) is 15.5. The van der Waals surface area contributed by atoms with E-state index in [0.717, 1.165) is 5.69 Å². The van der Waals surface area contributed by atoms with Crippen LogP contribution in [0.3, 0.4) is 0 Å². The molecule has 9 aromatic rings. The molecule has 1 heteroatoms. The number of hydrogen-bond acceptors (Lipinski definition) is 1. The SMILES string of the molecule is CC1(C)c2ccccc2-c2ccc(N(c3ccccc3)c3ccc4c(c3)C(C)(C)c3cc5c(c(-c6ccccc6)c3-4)-c3ccccc3C53c4ccccc4-c4ccccc43)cc21. The second-order valence-corrected chi connectivity index (χ2v) is 18.8. The maximum absolute atomic E-state index is 2.63. The summed E-state index contributed by atoms with van der Waals surface area (Å²) in [5.41, 5.74) is 27.0. The molecule has 4 aliphatic rings. The highest BCUT2D eigenvalue weighted by molar-refractivity contribution is 6.07. The maximum Gasteiger partial charge on any atom is 0.0725 e. The highest BCUT2D eigenvalue weighted by Crippen LogP contribution is 2.67. The summed E-state index contributed by atoms with van der Waals surface area (Å²) in [7, 11) is 0. The van der Waals surface area contributed by atoms with Gasteiger partial charge in [-0.3, -0.25) is 0 Å². The van der Waals surface area contributed by atoms with Gasteiger partial charge >= 0.3 is 0 Å². The molecule has 1 nitrogen and oxygen atoms in total. The quantitative estimate of drug-likeness (QED) is 0.172. The van der Waals surface area contributed by atoms with Crippen LogP contribution in [0.4, 0.5) is 17.1 Å². The zero-order valence-corrected chi connectivity index (χ0v) is 35.5. The molecule has 0 bridgehead atoms. The third-order valence-corrected chi connectivity index (χ3v) is 15.1. The van der Waals surface area contributed by atoms with Crippen molar-refractivity contribution in [1.82, 2.24) is 0 Å². The van der Waals surface area contributed by atoms with Crippen LogP contribution < -0.4 is 4.90 Å². The standard InChI is InChI=1S/C61H45N/c1-59(2)48-27-15-11-23-42(48)45-33-31-40(35-52(45)59)62(39-21-9-6-10-22-39)41-32-34-47-53(36-41)60(3,4)54-37-55-58(56(57(47)54)38-19-7-5-8-20-38)46-26-14-18-30-51(46)61(55)49-28-16-12-24-43(49)44-25-13-17-29-50(44)61/h5-37H,1-4H3. The molecule has 62 heavy (non-hydrogen) atoms. The minimum absolute atomic E-state index is 0.101. The Kier molecular flexibility index (Phi) is 7.12. The van der Waals surface area contributed by atoms with E-state index in [0.29, 0.717) is 0 Å². The Morgan fingerprint density at radius 2 is 0.677 bits per heavy atom. The highest BCUT2D eigenvalue weighted by atomic mass is 15.1. The molecule has 0 saturated carbocycles. The van der Waals surface area contributed by atoms with E-state index in [1.54, 1.807) is 0 Å². The van der Waals surface area contributed by atoms with E-state index in [1.807, 2.05) is 0 Å². The zero-order chi connectivity index (χ0) is 41.5. The lowest BCUT2D eigenvalue weighted by Crippen LogP contribution is -2.26. The Morgan fingerprint density at radius 1 is 0.274 bits per heavy atom. The number of rotatable bonds is 4. The van der Waals surface area contributed by atoms with Gasteiger partial charge in [0.1, 0.15) is 0 Å². The number of hydrogen-bond donors (Lipinski definition) is 0. The molecule has 4 aliphatic carbocycles. The molecular formula is C61H45N. The van der Waals surface area contributed by atoms with Crippen molar-refractivity contribution in [2.45, 2.75) is 43.9 Å². The Balaban J connectivity index is 1.07. The smallest absolute Gasteiger partial charge is 0.0725 e. The van der Waals surface area contributed by atoms with Gasteiger partial charge in [-0.1, -0.05) is 191 Å². The summed E-state index contributed by atoms with van der Waals surface area (Å²) in [6, 6.07) is 75.6. The van der Waals surface area contributed by atoms with Crippen LogP contribution in [0.2, 0.25) is 0 Å². The predicted molar refractivity (Wildman–Crippen MR) is 258 cm³/mol. The lowest BCUT2D eigenvalue weighted by Gasteiger charge is -2.32. The molecule has 0 aromatic heterocycles. The fraction of sp³-hybridized carbons (Fsp3) is 0.115. The molecular weight excluding hydrogens is 747 g/mol. The number of anilines is 3. The average Bonchev–Trinajstić information content (AvgIpc) is 3.94. The van der Waals surface area contributed by atoms with Gasteiger partial charge in [0.25, 0.3) is 0 Å². The van der Waals surface area contributed by atoms with Crippen LogP contribution in [0.1, 0.15) is 72.2 Å². The largest absolute Gasteiger partial charge is 0.310 e. The first kappa shape index (κ1) is 35.5. The molecule has 1 spiro atoms. The minimum atomic E-state index is -0.432. The maximum atomic E-state index is 2.63. The molecule has 0 saturated heterocycles. The van der Waals surface area contributed by atoms with Crippen molar-refractivity contribution >= 4 is 17.1 Å². The van der Waals surface area contributed by atoms with Crippen LogP contribution in [0.25, 0.3) is 55.6 Å². The molecule has 9 aromatic carbocycles. The van der Waals surface area contributed by atoms with Crippen molar-refractivity contribution in [3.05, 3.63) is 245 Å².